The molecule has 156 valence electrons. The summed E-state index contributed by atoms with van der Waals surface area (Å²) in [7, 11) is 3.24. The summed E-state index contributed by atoms with van der Waals surface area (Å²) in [4.78, 5) is 15.3. The van der Waals surface area contributed by atoms with Gasteiger partial charge in [-0.2, -0.15) is 0 Å². The number of amides is 1. The number of ether oxygens (including phenoxy) is 2. The number of carbonyl (C=O) groups is 1. The molecule has 2 aromatic carbocycles. The van der Waals surface area contributed by atoms with Crippen molar-refractivity contribution in [1.29, 1.82) is 0 Å². The van der Waals surface area contributed by atoms with Crippen molar-refractivity contribution in [1.82, 2.24) is 19.9 Å². The predicted molar refractivity (Wildman–Crippen MR) is 114 cm³/mol. The molecule has 1 fully saturated rings. The van der Waals surface area contributed by atoms with Gasteiger partial charge in [0.15, 0.2) is 5.69 Å². The van der Waals surface area contributed by atoms with E-state index in [0.29, 0.717) is 34.5 Å². The molecule has 2 heterocycles. The third kappa shape index (κ3) is 3.61. The zero-order valence-electron chi connectivity index (χ0n) is 17.1. The molecule has 0 N–H and O–H groups in total. The fourth-order valence-electron chi connectivity index (χ4n) is 3.94. The van der Waals surface area contributed by atoms with Crippen LogP contribution in [0.2, 0.25) is 5.02 Å². The topological polar surface area (TPSA) is 69.5 Å². The van der Waals surface area contributed by atoms with Crippen molar-refractivity contribution in [2.45, 2.75) is 25.8 Å². The van der Waals surface area contributed by atoms with E-state index in [9.17, 15) is 4.79 Å². The van der Waals surface area contributed by atoms with Gasteiger partial charge in [-0.3, -0.25) is 4.79 Å². The second-order valence-electron chi connectivity index (χ2n) is 7.18. The largest absolute Gasteiger partial charge is 0.497 e. The van der Waals surface area contributed by atoms with Gasteiger partial charge >= 0.3 is 0 Å². The summed E-state index contributed by atoms with van der Waals surface area (Å²) in [6.07, 6.45) is 1.77. The highest BCUT2D eigenvalue weighted by Crippen LogP contribution is 2.39. The van der Waals surface area contributed by atoms with Gasteiger partial charge in [-0.1, -0.05) is 22.9 Å². The molecule has 1 atom stereocenters. The van der Waals surface area contributed by atoms with Crippen molar-refractivity contribution in [3.8, 4) is 17.2 Å². The minimum absolute atomic E-state index is 0.0888. The minimum Gasteiger partial charge on any atom is -0.497 e. The summed E-state index contributed by atoms with van der Waals surface area (Å²) in [5.41, 5.74) is 2.74. The van der Waals surface area contributed by atoms with Crippen LogP contribution in [0.15, 0.2) is 42.5 Å². The monoisotopic (exact) mass is 426 g/mol. The SMILES string of the molecule is COc1ccc(C2CCCN2C(=O)c2nnn(-c3cccc(Cl)c3)c2C)c(OC)c1. The Kier molecular flexibility index (Phi) is 5.63. The number of benzene rings is 2. The van der Waals surface area contributed by atoms with Gasteiger partial charge in [0.1, 0.15) is 11.5 Å². The molecule has 0 aliphatic carbocycles. The van der Waals surface area contributed by atoms with E-state index in [-0.39, 0.29) is 11.9 Å². The molecule has 8 heteroatoms. The lowest BCUT2D eigenvalue weighted by Gasteiger charge is -2.26. The lowest BCUT2D eigenvalue weighted by molar-refractivity contribution is 0.0727. The zero-order valence-corrected chi connectivity index (χ0v) is 17.9. The van der Waals surface area contributed by atoms with Gasteiger partial charge in [-0.05, 0) is 50.1 Å². The summed E-state index contributed by atoms with van der Waals surface area (Å²) < 4.78 is 12.5. The normalized spacial score (nSPS) is 16.0. The van der Waals surface area contributed by atoms with Crippen LogP contribution in [0.25, 0.3) is 5.69 Å². The molecule has 30 heavy (non-hydrogen) atoms. The van der Waals surface area contributed by atoms with E-state index in [1.54, 1.807) is 31.0 Å². The highest BCUT2D eigenvalue weighted by atomic mass is 35.5. The Labute approximate surface area is 180 Å². The molecule has 0 saturated carbocycles. The van der Waals surface area contributed by atoms with Crippen LogP contribution >= 0.6 is 11.6 Å². The van der Waals surface area contributed by atoms with Crippen LogP contribution in [-0.2, 0) is 0 Å². The fourth-order valence-corrected chi connectivity index (χ4v) is 4.13. The van der Waals surface area contributed by atoms with Crippen LogP contribution in [0.1, 0.15) is 40.6 Å². The third-order valence-corrected chi connectivity index (χ3v) is 5.70. The molecule has 1 aliphatic heterocycles. The standard InChI is InChI=1S/C22H23ClN4O3/c1-14-21(24-25-27(14)16-7-4-6-15(23)12-16)22(28)26-11-5-8-19(26)18-10-9-17(29-2)13-20(18)30-3/h4,6-7,9-10,12-13,19H,5,8,11H2,1-3H3. The number of methoxy groups -OCH3 is 2. The summed E-state index contributed by atoms with van der Waals surface area (Å²) in [6, 6.07) is 12.9. The first-order valence-corrected chi connectivity index (χ1v) is 10.1. The molecule has 1 saturated heterocycles. The molecular weight excluding hydrogens is 404 g/mol. The molecule has 0 bridgehead atoms. The van der Waals surface area contributed by atoms with Crippen LogP contribution in [0.3, 0.4) is 0 Å². The molecule has 4 rings (SSSR count). The van der Waals surface area contributed by atoms with Gasteiger partial charge in [-0.25, -0.2) is 4.68 Å². The van der Waals surface area contributed by atoms with Gasteiger partial charge in [-0.15, -0.1) is 5.10 Å². The van der Waals surface area contributed by atoms with Crippen molar-refractivity contribution in [3.05, 3.63) is 64.4 Å². The molecular formula is C22H23ClN4O3. The van der Waals surface area contributed by atoms with Crippen molar-refractivity contribution in [3.63, 3.8) is 0 Å². The Bertz CT molecular complexity index is 1080. The molecule has 0 spiro atoms. The lowest BCUT2D eigenvalue weighted by atomic mass is 10.0. The van der Waals surface area contributed by atoms with Crippen molar-refractivity contribution in [2.24, 2.45) is 0 Å². The van der Waals surface area contributed by atoms with Gasteiger partial charge < -0.3 is 14.4 Å². The molecule has 3 aromatic rings. The molecule has 0 radical (unpaired) electrons. The van der Waals surface area contributed by atoms with Crippen molar-refractivity contribution >= 4 is 17.5 Å². The first-order valence-electron chi connectivity index (χ1n) is 9.74. The Balaban J connectivity index is 1.65. The van der Waals surface area contributed by atoms with Crippen LogP contribution < -0.4 is 9.47 Å². The maximum Gasteiger partial charge on any atom is 0.276 e. The maximum absolute atomic E-state index is 13.4. The van der Waals surface area contributed by atoms with Crippen molar-refractivity contribution < 1.29 is 14.3 Å². The Morgan fingerprint density at radius 3 is 2.73 bits per heavy atom. The molecule has 1 aromatic heterocycles. The molecule has 1 amide bonds. The minimum atomic E-state index is -0.138. The van der Waals surface area contributed by atoms with E-state index in [4.69, 9.17) is 21.1 Å². The van der Waals surface area contributed by atoms with Crippen LogP contribution in [0, 0.1) is 6.92 Å². The number of aromatic nitrogens is 3. The quantitative estimate of drug-likeness (QED) is 0.610. The lowest BCUT2D eigenvalue weighted by Crippen LogP contribution is -2.31. The number of likely N-dealkylation sites (tertiary alicyclic amines) is 1. The number of nitrogens with zero attached hydrogens (tertiary/aromatic N) is 4. The highest BCUT2D eigenvalue weighted by Gasteiger charge is 2.34. The number of rotatable bonds is 5. The number of hydrogen-bond donors (Lipinski definition) is 0. The second kappa shape index (κ2) is 8.36. The first-order chi connectivity index (χ1) is 14.5. The van der Waals surface area contributed by atoms with E-state index in [2.05, 4.69) is 10.3 Å². The Morgan fingerprint density at radius 1 is 1.17 bits per heavy atom. The van der Waals surface area contributed by atoms with E-state index < -0.39 is 0 Å². The van der Waals surface area contributed by atoms with Crippen LogP contribution in [0.4, 0.5) is 0 Å². The summed E-state index contributed by atoms with van der Waals surface area (Å²) in [6.45, 7) is 2.50. The van der Waals surface area contributed by atoms with E-state index in [1.807, 2.05) is 42.2 Å². The Morgan fingerprint density at radius 2 is 2.00 bits per heavy atom. The second-order valence-corrected chi connectivity index (χ2v) is 7.62. The summed E-state index contributed by atoms with van der Waals surface area (Å²) >= 11 is 6.10. The van der Waals surface area contributed by atoms with Gasteiger partial charge in [0, 0.05) is 23.2 Å². The van der Waals surface area contributed by atoms with Crippen molar-refractivity contribution in [2.75, 3.05) is 20.8 Å². The smallest absolute Gasteiger partial charge is 0.276 e. The van der Waals surface area contributed by atoms with E-state index in [1.165, 1.54) is 0 Å². The first kappa shape index (κ1) is 20.2. The fraction of sp³-hybridized carbons (Fsp3) is 0.318. The number of hydrogen-bond acceptors (Lipinski definition) is 5. The van der Waals surface area contributed by atoms with Gasteiger partial charge in [0.05, 0.1) is 31.6 Å². The average Bonchev–Trinajstić information content (AvgIpc) is 3.39. The summed E-state index contributed by atoms with van der Waals surface area (Å²) in [5.74, 6) is 1.28. The molecule has 7 nitrogen and oxygen atoms in total. The average molecular weight is 427 g/mol. The molecule has 1 unspecified atom stereocenters. The van der Waals surface area contributed by atoms with E-state index in [0.717, 1.165) is 24.1 Å². The number of halogens is 1. The van der Waals surface area contributed by atoms with E-state index >= 15 is 0 Å². The van der Waals surface area contributed by atoms with Crippen LogP contribution in [-0.4, -0.2) is 46.6 Å². The number of carbonyl (C=O) groups excluding carboxylic acids is 1. The highest BCUT2D eigenvalue weighted by molar-refractivity contribution is 6.30. The predicted octanol–water partition coefficient (Wildman–Crippen LogP) is 4.22. The van der Waals surface area contributed by atoms with Gasteiger partial charge in [0.2, 0.25) is 0 Å². The Hall–Kier alpha value is -3.06. The zero-order chi connectivity index (χ0) is 21.3. The third-order valence-electron chi connectivity index (χ3n) is 5.46. The molecule has 1 aliphatic rings. The summed E-state index contributed by atoms with van der Waals surface area (Å²) in [5, 5.41) is 8.98. The maximum atomic E-state index is 13.4. The van der Waals surface area contributed by atoms with Gasteiger partial charge in [0.25, 0.3) is 5.91 Å². The van der Waals surface area contributed by atoms with Crippen LogP contribution in [0.5, 0.6) is 11.5 Å².